The highest BCUT2D eigenvalue weighted by Crippen LogP contribution is 2.01. The molecule has 22 heavy (non-hydrogen) atoms. The summed E-state index contributed by atoms with van der Waals surface area (Å²) in [5.74, 6) is 0.244. The lowest BCUT2D eigenvalue weighted by atomic mass is 10.2. The summed E-state index contributed by atoms with van der Waals surface area (Å²) in [5, 5.41) is 10.4. The molecular formula is C15H13N5O2. The van der Waals surface area contributed by atoms with Crippen LogP contribution >= 0.6 is 0 Å². The second-order valence-electron chi connectivity index (χ2n) is 4.56. The van der Waals surface area contributed by atoms with Crippen molar-refractivity contribution in [1.29, 1.82) is 0 Å². The van der Waals surface area contributed by atoms with Crippen LogP contribution in [0.5, 0.6) is 0 Å². The van der Waals surface area contributed by atoms with Crippen LogP contribution in [0.2, 0.25) is 0 Å². The van der Waals surface area contributed by atoms with Crippen molar-refractivity contribution in [2.45, 2.75) is 6.54 Å². The highest BCUT2D eigenvalue weighted by Gasteiger charge is 2.08. The number of rotatable bonds is 4. The van der Waals surface area contributed by atoms with Crippen LogP contribution in [-0.2, 0) is 11.3 Å². The Morgan fingerprint density at radius 3 is 2.91 bits per heavy atom. The Balaban J connectivity index is 1.67. The molecule has 0 bridgehead atoms. The Hall–Kier alpha value is -3.22. The standard InChI is InChI=1S/C15H13N5O2/c21-13(7-6-11-4-2-1-3-5-11)17-10-12-18-19-14-15(22)16-8-9-20(12)14/h1-9H,10H2,(H,16,22)(H,17,21)/b7-6+. The molecule has 1 aromatic carbocycles. The lowest BCUT2D eigenvalue weighted by molar-refractivity contribution is -0.116. The van der Waals surface area contributed by atoms with Crippen molar-refractivity contribution in [2.75, 3.05) is 0 Å². The number of H-pyrrole nitrogens is 1. The lowest BCUT2D eigenvalue weighted by Gasteiger charge is -2.00. The van der Waals surface area contributed by atoms with Gasteiger partial charge in [-0.15, -0.1) is 10.2 Å². The summed E-state index contributed by atoms with van der Waals surface area (Å²) in [6, 6.07) is 9.52. The number of aromatic nitrogens is 4. The van der Waals surface area contributed by atoms with Gasteiger partial charge in [0.2, 0.25) is 11.6 Å². The minimum absolute atomic E-state index is 0.183. The van der Waals surface area contributed by atoms with Crippen molar-refractivity contribution in [3.8, 4) is 0 Å². The van der Waals surface area contributed by atoms with Gasteiger partial charge in [0.15, 0.2) is 5.82 Å². The van der Waals surface area contributed by atoms with Crippen LogP contribution in [0.3, 0.4) is 0 Å². The Bertz CT molecular complexity index is 880. The largest absolute Gasteiger partial charge is 0.345 e. The Morgan fingerprint density at radius 1 is 1.27 bits per heavy atom. The number of fused-ring (bicyclic) bond motifs is 1. The molecule has 7 nitrogen and oxygen atoms in total. The molecule has 2 heterocycles. The van der Waals surface area contributed by atoms with Gasteiger partial charge in [0, 0.05) is 18.5 Å². The highest BCUT2D eigenvalue weighted by atomic mass is 16.1. The molecule has 3 aromatic rings. The molecule has 110 valence electrons. The molecule has 0 atom stereocenters. The highest BCUT2D eigenvalue weighted by molar-refractivity contribution is 5.91. The first kappa shape index (κ1) is 13.7. The zero-order chi connectivity index (χ0) is 15.4. The molecule has 0 saturated heterocycles. The van der Waals surface area contributed by atoms with E-state index in [2.05, 4.69) is 20.5 Å². The summed E-state index contributed by atoms with van der Waals surface area (Å²) in [6.45, 7) is 0.183. The Morgan fingerprint density at radius 2 is 2.09 bits per heavy atom. The zero-order valence-electron chi connectivity index (χ0n) is 11.6. The van der Waals surface area contributed by atoms with E-state index in [-0.39, 0.29) is 23.7 Å². The zero-order valence-corrected chi connectivity index (χ0v) is 11.6. The summed E-state index contributed by atoms with van der Waals surface area (Å²) in [7, 11) is 0. The number of carbonyl (C=O) groups excluding carboxylic acids is 1. The monoisotopic (exact) mass is 295 g/mol. The lowest BCUT2D eigenvalue weighted by Crippen LogP contribution is -2.22. The molecule has 1 amide bonds. The van der Waals surface area contributed by atoms with E-state index in [1.54, 1.807) is 16.7 Å². The third-order valence-corrected chi connectivity index (χ3v) is 3.06. The van der Waals surface area contributed by atoms with E-state index in [1.165, 1.54) is 12.3 Å². The second-order valence-corrected chi connectivity index (χ2v) is 4.56. The number of aromatic amines is 1. The maximum atomic E-state index is 11.8. The van der Waals surface area contributed by atoms with Crippen LogP contribution in [0, 0.1) is 0 Å². The third-order valence-electron chi connectivity index (χ3n) is 3.06. The molecule has 0 radical (unpaired) electrons. The molecule has 0 aliphatic rings. The molecule has 7 heteroatoms. The van der Waals surface area contributed by atoms with Gasteiger partial charge in [-0.1, -0.05) is 30.3 Å². The van der Waals surface area contributed by atoms with Crippen molar-refractivity contribution >= 4 is 17.6 Å². The normalized spacial score (nSPS) is 11.1. The number of hydrogen-bond acceptors (Lipinski definition) is 4. The van der Waals surface area contributed by atoms with Gasteiger partial charge >= 0.3 is 0 Å². The Kier molecular flexibility index (Phi) is 3.78. The molecular weight excluding hydrogens is 282 g/mol. The van der Waals surface area contributed by atoms with E-state index in [0.717, 1.165) is 5.56 Å². The predicted molar refractivity (Wildman–Crippen MR) is 80.9 cm³/mol. The molecule has 0 spiro atoms. The molecule has 2 N–H and O–H groups in total. The number of hydrogen-bond donors (Lipinski definition) is 2. The van der Waals surface area contributed by atoms with Gasteiger partial charge in [-0.2, -0.15) is 0 Å². The third kappa shape index (κ3) is 2.93. The van der Waals surface area contributed by atoms with Crippen LogP contribution in [0.4, 0.5) is 0 Å². The van der Waals surface area contributed by atoms with Crippen molar-refractivity contribution in [2.24, 2.45) is 0 Å². The summed E-state index contributed by atoms with van der Waals surface area (Å²) in [5.41, 5.74) is 0.820. The van der Waals surface area contributed by atoms with Gasteiger partial charge in [0.1, 0.15) is 0 Å². The maximum Gasteiger partial charge on any atom is 0.293 e. The fourth-order valence-electron chi connectivity index (χ4n) is 1.97. The van der Waals surface area contributed by atoms with Gasteiger partial charge in [0.25, 0.3) is 5.56 Å². The summed E-state index contributed by atoms with van der Waals surface area (Å²) < 4.78 is 1.54. The SMILES string of the molecule is O=C(/C=C/c1ccccc1)NCc1nnc2c(=O)[nH]ccn12. The van der Waals surface area contributed by atoms with E-state index in [4.69, 9.17) is 0 Å². The van der Waals surface area contributed by atoms with Gasteiger partial charge in [-0.3, -0.25) is 14.0 Å². The topological polar surface area (TPSA) is 92.2 Å². The first-order chi connectivity index (χ1) is 10.7. The minimum atomic E-state index is -0.323. The molecule has 0 aliphatic carbocycles. The first-order valence-electron chi connectivity index (χ1n) is 6.66. The van der Waals surface area contributed by atoms with Crippen LogP contribution < -0.4 is 10.9 Å². The number of carbonyl (C=O) groups is 1. The summed E-state index contributed by atoms with van der Waals surface area (Å²) in [6.07, 6.45) is 6.31. The van der Waals surface area contributed by atoms with E-state index in [1.807, 2.05) is 30.3 Å². The Labute approximate surface area is 125 Å². The van der Waals surface area contributed by atoms with Crippen molar-refractivity contribution in [3.63, 3.8) is 0 Å². The maximum absolute atomic E-state index is 11.8. The molecule has 0 aliphatic heterocycles. The number of nitrogens with zero attached hydrogens (tertiary/aromatic N) is 3. The van der Waals surface area contributed by atoms with Gasteiger partial charge < -0.3 is 10.3 Å². The molecule has 3 rings (SSSR count). The molecule has 2 aromatic heterocycles. The average Bonchev–Trinajstić information content (AvgIpc) is 2.96. The van der Waals surface area contributed by atoms with E-state index < -0.39 is 0 Å². The smallest absolute Gasteiger partial charge is 0.293 e. The summed E-state index contributed by atoms with van der Waals surface area (Å²) in [4.78, 5) is 25.8. The van der Waals surface area contributed by atoms with E-state index in [0.29, 0.717) is 5.82 Å². The minimum Gasteiger partial charge on any atom is -0.345 e. The van der Waals surface area contributed by atoms with Crippen LogP contribution in [0.15, 0.2) is 53.6 Å². The number of benzene rings is 1. The van der Waals surface area contributed by atoms with Crippen LogP contribution in [0.25, 0.3) is 11.7 Å². The van der Waals surface area contributed by atoms with Crippen molar-refractivity contribution < 1.29 is 4.79 Å². The molecule has 0 saturated carbocycles. The average molecular weight is 295 g/mol. The number of nitrogens with one attached hydrogen (secondary N) is 2. The second kappa shape index (κ2) is 6.04. The van der Waals surface area contributed by atoms with E-state index >= 15 is 0 Å². The van der Waals surface area contributed by atoms with Gasteiger partial charge in [0.05, 0.1) is 6.54 Å². The number of amides is 1. The fourth-order valence-corrected chi connectivity index (χ4v) is 1.97. The summed E-state index contributed by atoms with van der Waals surface area (Å²) >= 11 is 0. The fraction of sp³-hybridized carbons (Fsp3) is 0.0667. The van der Waals surface area contributed by atoms with Gasteiger partial charge in [-0.25, -0.2) is 0 Å². The molecule has 0 unspecified atom stereocenters. The first-order valence-corrected chi connectivity index (χ1v) is 6.66. The molecule has 0 fully saturated rings. The quantitative estimate of drug-likeness (QED) is 0.695. The van der Waals surface area contributed by atoms with Crippen LogP contribution in [0.1, 0.15) is 11.4 Å². The van der Waals surface area contributed by atoms with E-state index in [9.17, 15) is 9.59 Å². The van der Waals surface area contributed by atoms with Crippen LogP contribution in [-0.4, -0.2) is 25.5 Å². The van der Waals surface area contributed by atoms with Gasteiger partial charge in [-0.05, 0) is 11.6 Å². The van der Waals surface area contributed by atoms with Crippen molar-refractivity contribution in [3.05, 3.63) is 70.5 Å². The predicted octanol–water partition coefficient (Wildman–Crippen LogP) is 0.747. The van der Waals surface area contributed by atoms with Crippen molar-refractivity contribution in [1.82, 2.24) is 24.9 Å².